The fourth-order valence-electron chi connectivity index (χ4n) is 2.10. The van der Waals surface area contributed by atoms with Gasteiger partial charge in [-0.25, -0.2) is 0 Å². The third-order valence-electron chi connectivity index (χ3n) is 2.81. The van der Waals surface area contributed by atoms with Gasteiger partial charge in [0.1, 0.15) is 0 Å². The summed E-state index contributed by atoms with van der Waals surface area (Å²) in [7, 11) is 1.69. The lowest BCUT2D eigenvalue weighted by Gasteiger charge is -2.48. The third kappa shape index (κ3) is 4.47. The second kappa shape index (κ2) is 6.43. The molecule has 2 N–H and O–H groups in total. The van der Waals surface area contributed by atoms with Gasteiger partial charge < -0.3 is 15.2 Å². The number of nitrogens with two attached hydrogens (primary N) is 1. The Morgan fingerprint density at radius 1 is 1.27 bits per heavy atom. The maximum Gasteiger partial charge on any atom is 0.0700 e. The van der Waals surface area contributed by atoms with Gasteiger partial charge in [-0.15, -0.1) is 0 Å². The molecule has 0 unspecified atom stereocenters. The Morgan fingerprint density at radius 2 is 2.00 bits per heavy atom. The molecule has 1 heterocycles. The van der Waals surface area contributed by atoms with E-state index in [0.29, 0.717) is 13.2 Å². The van der Waals surface area contributed by atoms with E-state index >= 15 is 0 Å². The van der Waals surface area contributed by atoms with E-state index in [-0.39, 0.29) is 5.54 Å². The van der Waals surface area contributed by atoms with Crippen molar-refractivity contribution in [2.45, 2.75) is 25.3 Å². The van der Waals surface area contributed by atoms with Gasteiger partial charge in [-0.1, -0.05) is 13.3 Å². The summed E-state index contributed by atoms with van der Waals surface area (Å²) in [5.41, 5.74) is 6.24. The molecular weight excluding hydrogens is 192 g/mol. The zero-order chi connectivity index (χ0) is 11.1. The average Bonchev–Trinajstić information content (AvgIpc) is 2.15. The number of methoxy groups -OCH3 is 1. The number of likely N-dealkylation sites (tertiary alicyclic amines) is 1. The molecule has 0 bridgehead atoms. The normalized spacial score (nSPS) is 20.2. The Labute approximate surface area is 92.7 Å². The molecule has 0 saturated carbocycles. The van der Waals surface area contributed by atoms with E-state index in [4.69, 9.17) is 15.2 Å². The standard InChI is InChI=1S/C11H24N2O2/c1-3-4-11(12)9-13(10-11)5-6-15-8-7-14-2/h3-10,12H2,1-2H3. The van der Waals surface area contributed by atoms with E-state index in [1.807, 2.05) is 0 Å². The molecule has 1 fully saturated rings. The minimum absolute atomic E-state index is 0.0846. The number of rotatable bonds is 8. The molecule has 0 aliphatic carbocycles. The lowest BCUT2D eigenvalue weighted by Crippen LogP contribution is -2.67. The van der Waals surface area contributed by atoms with Crippen LogP contribution in [0.3, 0.4) is 0 Å². The van der Waals surface area contributed by atoms with E-state index in [0.717, 1.165) is 32.7 Å². The molecule has 90 valence electrons. The Morgan fingerprint density at radius 3 is 2.60 bits per heavy atom. The molecule has 15 heavy (non-hydrogen) atoms. The number of ether oxygens (including phenoxy) is 2. The van der Waals surface area contributed by atoms with Gasteiger partial charge in [0.25, 0.3) is 0 Å². The van der Waals surface area contributed by atoms with Crippen molar-refractivity contribution in [3.05, 3.63) is 0 Å². The fraction of sp³-hybridized carbons (Fsp3) is 1.00. The van der Waals surface area contributed by atoms with Crippen molar-refractivity contribution in [1.29, 1.82) is 0 Å². The van der Waals surface area contributed by atoms with Crippen molar-refractivity contribution in [3.63, 3.8) is 0 Å². The molecule has 0 atom stereocenters. The highest BCUT2D eigenvalue weighted by atomic mass is 16.5. The highest BCUT2D eigenvalue weighted by Gasteiger charge is 2.37. The van der Waals surface area contributed by atoms with E-state index in [1.54, 1.807) is 7.11 Å². The van der Waals surface area contributed by atoms with Gasteiger partial charge >= 0.3 is 0 Å². The van der Waals surface area contributed by atoms with Crippen molar-refractivity contribution in [1.82, 2.24) is 4.90 Å². The van der Waals surface area contributed by atoms with Gasteiger partial charge in [0.15, 0.2) is 0 Å². The summed E-state index contributed by atoms with van der Waals surface area (Å²) in [5, 5.41) is 0. The van der Waals surface area contributed by atoms with Gasteiger partial charge in [0.2, 0.25) is 0 Å². The molecule has 1 rings (SSSR count). The largest absolute Gasteiger partial charge is 0.382 e. The van der Waals surface area contributed by atoms with E-state index in [2.05, 4.69) is 11.8 Å². The van der Waals surface area contributed by atoms with Crippen LogP contribution in [0.5, 0.6) is 0 Å². The monoisotopic (exact) mass is 216 g/mol. The predicted molar refractivity (Wildman–Crippen MR) is 61.0 cm³/mol. The summed E-state index contributed by atoms with van der Waals surface area (Å²) in [6.45, 7) is 7.37. The molecule has 1 saturated heterocycles. The Hall–Kier alpha value is -0.160. The van der Waals surface area contributed by atoms with E-state index < -0.39 is 0 Å². The third-order valence-corrected chi connectivity index (χ3v) is 2.81. The summed E-state index contributed by atoms with van der Waals surface area (Å²) in [6.07, 6.45) is 2.31. The average molecular weight is 216 g/mol. The first-order chi connectivity index (χ1) is 7.20. The topological polar surface area (TPSA) is 47.7 Å². The molecule has 4 nitrogen and oxygen atoms in total. The molecular formula is C11H24N2O2. The molecule has 1 aliphatic rings. The van der Waals surface area contributed by atoms with Gasteiger partial charge in [-0.2, -0.15) is 0 Å². The van der Waals surface area contributed by atoms with Gasteiger partial charge in [0.05, 0.1) is 19.8 Å². The fourth-order valence-corrected chi connectivity index (χ4v) is 2.10. The second-order valence-electron chi connectivity index (χ2n) is 4.43. The maximum atomic E-state index is 6.15. The van der Waals surface area contributed by atoms with Crippen molar-refractivity contribution in [3.8, 4) is 0 Å². The molecule has 0 aromatic rings. The highest BCUT2D eigenvalue weighted by molar-refractivity contribution is 4.99. The lowest BCUT2D eigenvalue weighted by atomic mass is 9.86. The molecule has 0 spiro atoms. The Balaban J connectivity index is 1.93. The molecule has 0 aromatic carbocycles. The van der Waals surface area contributed by atoms with Crippen LogP contribution in [0.15, 0.2) is 0 Å². The summed E-state index contributed by atoms with van der Waals surface area (Å²) in [4.78, 5) is 2.35. The van der Waals surface area contributed by atoms with Gasteiger partial charge in [-0.3, -0.25) is 4.90 Å². The lowest BCUT2D eigenvalue weighted by molar-refractivity contribution is 0.0152. The number of nitrogens with zero attached hydrogens (tertiary/aromatic N) is 1. The van der Waals surface area contributed by atoms with E-state index in [9.17, 15) is 0 Å². The summed E-state index contributed by atoms with van der Waals surface area (Å²) in [5.74, 6) is 0. The van der Waals surface area contributed by atoms with Crippen LogP contribution in [0.25, 0.3) is 0 Å². The summed E-state index contributed by atoms with van der Waals surface area (Å²) >= 11 is 0. The highest BCUT2D eigenvalue weighted by Crippen LogP contribution is 2.22. The Bertz CT molecular complexity index is 170. The quantitative estimate of drug-likeness (QED) is 0.599. The van der Waals surface area contributed by atoms with Crippen LogP contribution >= 0.6 is 0 Å². The summed E-state index contributed by atoms with van der Waals surface area (Å²) < 4.78 is 10.3. The van der Waals surface area contributed by atoms with E-state index in [1.165, 1.54) is 6.42 Å². The van der Waals surface area contributed by atoms with Crippen LogP contribution in [0.2, 0.25) is 0 Å². The van der Waals surface area contributed by atoms with Gasteiger partial charge in [0, 0.05) is 32.3 Å². The van der Waals surface area contributed by atoms with Crippen molar-refractivity contribution in [2.75, 3.05) is 46.6 Å². The van der Waals surface area contributed by atoms with Gasteiger partial charge in [-0.05, 0) is 6.42 Å². The molecule has 0 radical (unpaired) electrons. The maximum absolute atomic E-state index is 6.15. The minimum atomic E-state index is 0.0846. The smallest absolute Gasteiger partial charge is 0.0700 e. The Kier molecular flexibility index (Phi) is 5.53. The summed E-state index contributed by atoms with van der Waals surface area (Å²) in [6, 6.07) is 0. The van der Waals surface area contributed by atoms with Crippen LogP contribution in [-0.2, 0) is 9.47 Å². The first kappa shape index (κ1) is 12.9. The van der Waals surface area contributed by atoms with Crippen molar-refractivity contribution < 1.29 is 9.47 Å². The SMILES string of the molecule is CCCC1(N)CN(CCOCCOC)C1. The van der Waals surface area contributed by atoms with Crippen LogP contribution in [0.4, 0.5) is 0 Å². The minimum Gasteiger partial charge on any atom is -0.382 e. The van der Waals surface area contributed by atoms with Crippen LogP contribution < -0.4 is 5.73 Å². The number of hydrogen-bond donors (Lipinski definition) is 1. The zero-order valence-electron chi connectivity index (χ0n) is 10.00. The van der Waals surface area contributed by atoms with Crippen LogP contribution in [0, 0.1) is 0 Å². The van der Waals surface area contributed by atoms with Crippen molar-refractivity contribution >= 4 is 0 Å². The molecule has 1 aliphatic heterocycles. The molecule has 0 amide bonds. The zero-order valence-corrected chi connectivity index (χ0v) is 10.00. The second-order valence-corrected chi connectivity index (χ2v) is 4.43. The number of hydrogen-bond acceptors (Lipinski definition) is 4. The molecule has 0 aromatic heterocycles. The predicted octanol–water partition coefficient (Wildman–Crippen LogP) is 0.463. The first-order valence-electron chi connectivity index (χ1n) is 5.78. The van der Waals surface area contributed by atoms with Crippen LogP contribution in [-0.4, -0.2) is 57.0 Å². The first-order valence-corrected chi connectivity index (χ1v) is 5.78. The molecule has 4 heteroatoms. The van der Waals surface area contributed by atoms with Crippen LogP contribution in [0.1, 0.15) is 19.8 Å². The van der Waals surface area contributed by atoms with Crippen molar-refractivity contribution in [2.24, 2.45) is 5.73 Å².